The molecule has 2 aromatic rings. The lowest BCUT2D eigenvalue weighted by molar-refractivity contribution is -0.126. The highest BCUT2D eigenvalue weighted by atomic mass is 32.2. The summed E-state index contributed by atoms with van der Waals surface area (Å²) in [4.78, 5) is 14.3. The van der Waals surface area contributed by atoms with Crippen LogP contribution < -0.4 is 10.1 Å². The summed E-state index contributed by atoms with van der Waals surface area (Å²) in [5, 5.41) is 3.17. The monoisotopic (exact) mass is 476 g/mol. The Labute approximate surface area is 195 Å². The normalized spacial score (nSPS) is 16.5. The Bertz CT molecular complexity index is 1030. The van der Waals surface area contributed by atoms with Crippen LogP contribution in [0.1, 0.15) is 43.4 Å². The van der Waals surface area contributed by atoms with Crippen molar-refractivity contribution in [1.29, 1.82) is 0 Å². The highest BCUT2D eigenvalue weighted by Crippen LogP contribution is 2.28. The third-order valence-electron chi connectivity index (χ3n) is 6.07. The Morgan fingerprint density at radius 2 is 1.84 bits per heavy atom. The fraction of sp³-hybridized carbons (Fsp3) is 0.458. The van der Waals surface area contributed by atoms with E-state index in [0.717, 1.165) is 28.2 Å². The summed E-state index contributed by atoms with van der Waals surface area (Å²) in [6.45, 7) is 4.73. The van der Waals surface area contributed by atoms with E-state index in [1.54, 1.807) is 31.0 Å². The first kappa shape index (κ1) is 24.6. The molecule has 1 aliphatic rings. The topological polar surface area (TPSA) is 75.7 Å². The van der Waals surface area contributed by atoms with E-state index in [-0.39, 0.29) is 17.9 Å². The average molecular weight is 477 g/mol. The predicted octanol–water partition coefficient (Wildman–Crippen LogP) is 4.39. The lowest BCUT2D eigenvalue weighted by Crippen LogP contribution is -2.43. The van der Waals surface area contributed by atoms with Crippen molar-refractivity contribution in [2.24, 2.45) is 5.92 Å². The first-order chi connectivity index (χ1) is 15.3. The summed E-state index contributed by atoms with van der Waals surface area (Å²) in [5.74, 6) is 0.631. The number of hydrogen-bond acceptors (Lipinski definition) is 5. The minimum atomic E-state index is -3.54. The molecule has 0 unspecified atom stereocenters. The van der Waals surface area contributed by atoms with Gasteiger partial charge < -0.3 is 10.1 Å². The van der Waals surface area contributed by atoms with Crippen molar-refractivity contribution in [2.75, 3.05) is 26.5 Å². The third kappa shape index (κ3) is 5.47. The van der Waals surface area contributed by atoms with Crippen LogP contribution in [0.5, 0.6) is 5.75 Å². The summed E-state index contributed by atoms with van der Waals surface area (Å²) in [5.41, 5.74) is 2.08. The van der Waals surface area contributed by atoms with Crippen LogP contribution >= 0.6 is 11.8 Å². The first-order valence-corrected chi connectivity index (χ1v) is 13.6. The van der Waals surface area contributed by atoms with Gasteiger partial charge in [0.1, 0.15) is 5.75 Å². The van der Waals surface area contributed by atoms with E-state index in [1.807, 2.05) is 50.4 Å². The maximum Gasteiger partial charge on any atom is 0.243 e. The maximum atomic E-state index is 13.0. The van der Waals surface area contributed by atoms with E-state index in [9.17, 15) is 13.2 Å². The van der Waals surface area contributed by atoms with Crippen LogP contribution in [-0.2, 0) is 14.8 Å². The molecule has 8 heteroatoms. The maximum absolute atomic E-state index is 13.0. The van der Waals surface area contributed by atoms with Gasteiger partial charge >= 0.3 is 0 Å². The second-order valence-electron chi connectivity index (χ2n) is 8.05. The molecule has 0 spiro atoms. The number of methoxy groups -OCH3 is 1. The second-order valence-corrected chi connectivity index (χ2v) is 10.9. The van der Waals surface area contributed by atoms with E-state index < -0.39 is 10.0 Å². The van der Waals surface area contributed by atoms with Gasteiger partial charge in [-0.15, -0.1) is 11.8 Å². The number of rotatable bonds is 8. The molecule has 0 bridgehead atoms. The van der Waals surface area contributed by atoms with Crippen molar-refractivity contribution in [3.8, 4) is 5.75 Å². The van der Waals surface area contributed by atoms with Gasteiger partial charge in [-0.3, -0.25) is 4.79 Å². The lowest BCUT2D eigenvalue weighted by atomic mass is 9.95. The van der Waals surface area contributed by atoms with Crippen molar-refractivity contribution in [1.82, 2.24) is 9.62 Å². The largest absolute Gasteiger partial charge is 0.496 e. The van der Waals surface area contributed by atoms with Crippen molar-refractivity contribution in [3.05, 3.63) is 53.6 Å². The number of carbonyl (C=O) groups is 1. The average Bonchev–Trinajstić information content (AvgIpc) is 2.82. The molecule has 174 valence electrons. The number of amides is 1. The number of nitrogens with zero attached hydrogens (tertiary/aromatic N) is 1. The van der Waals surface area contributed by atoms with E-state index in [0.29, 0.717) is 30.8 Å². The molecule has 1 atom stereocenters. The molecule has 1 saturated heterocycles. The van der Waals surface area contributed by atoms with E-state index >= 15 is 0 Å². The number of sulfonamides is 1. The summed E-state index contributed by atoms with van der Waals surface area (Å²) in [6.07, 6.45) is 3.77. The molecule has 1 heterocycles. The standard InChI is InChI=1S/C24H32N2O4S2/c1-5-22(19-6-11-23(30-3)17(2)16-19)25-24(27)18-12-14-26(15-13-18)32(28,29)21-9-7-20(31-4)8-10-21/h6-11,16,18,22H,5,12-15H2,1-4H3,(H,25,27)/t22-/m1/s1. The Balaban J connectivity index is 1.61. The number of nitrogens with one attached hydrogen (secondary N) is 1. The third-order valence-corrected chi connectivity index (χ3v) is 8.72. The molecule has 6 nitrogen and oxygen atoms in total. The molecule has 0 saturated carbocycles. The summed E-state index contributed by atoms with van der Waals surface area (Å²) >= 11 is 1.58. The fourth-order valence-corrected chi connectivity index (χ4v) is 5.96. The first-order valence-electron chi connectivity index (χ1n) is 10.9. The van der Waals surface area contributed by atoms with Gasteiger partial charge in [0.25, 0.3) is 0 Å². The van der Waals surface area contributed by atoms with Gasteiger partial charge in [0.05, 0.1) is 18.0 Å². The van der Waals surface area contributed by atoms with Crippen LogP contribution in [0.2, 0.25) is 0 Å². The van der Waals surface area contributed by atoms with Crippen molar-refractivity contribution >= 4 is 27.7 Å². The Hall–Kier alpha value is -2.03. The molecular weight excluding hydrogens is 444 g/mol. The Morgan fingerprint density at radius 3 is 2.38 bits per heavy atom. The van der Waals surface area contributed by atoms with E-state index in [4.69, 9.17) is 4.74 Å². The number of hydrogen-bond donors (Lipinski definition) is 1. The van der Waals surface area contributed by atoms with Gasteiger partial charge in [0.2, 0.25) is 15.9 Å². The number of carbonyl (C=O) groups excluding carboxylic acids is 1. The van der Waals surface area contributed by atoms with Crippen molar-refractivity contribution in [2.45, 2.75) is 48.9 Å². The number of benzene rings is 2. The minimum absolute atomic E-state index is 0.00769. The summed E-state index contributed by atoms with van der Waals surface area (Å²) < 4.78 is 32.8. The smallest absolute Gasteiger partial charge is 0.243 e. The van der Waals surface area contributed by atoms with Gasteiger partial charge in [-0.2, -0.15) is 4.31 Å². The Morgan fingerprint density at radius 1 is 1.19 bits per heavy atom. The van der Waals surface area contributed by atoms with E-state index in [1.165, 1.54) is 4.31 Å². The van der Waals surface area contributed by atoms with Crippen LogP contribution in [0.25, 0.3) is 0 Å². The second kappa shape index (κ2) is 10.7. The molecule has 3 rings (SSSR count). The summed E-state index contributed by atoms with van der Waals surface area (Å²) in [6, 6.07) is 12.8. The number of piperidine rings is 1. The van der Waals surface area contributed by atoms with Crippen LogP contribution in [0, 0.1) is 12.8 Å². The number of aryl methyl sites for hydroxylation is 1. The predicted molar refractivity (Wildman–Crippen MR) is 129 cm³/mol. The fourth-order valence-electron chi connectivity index (χ4n) is 4.08. The van der Waals surface area contributed by atoms with Crippen LogP contribution in [0.4, 0.5) is 0 Å². The van der Waals surface area contributed by atoms with Gasteiger partial charge in [0, 0.05) is 23.9 Å². The van der Waals surface area contributed by atoms with Crippen LogP contribution in [0.3, 0.4) is 0 Å². The zero-order valence-corrected chi connectivity index (χ0v) is 20.8. The summed E-state index contributed by atoms with van der Waals surface area (Å²) in [7, 11) is -1.89. The molecule has 1 aliphatic heterocycles. The number of ether oxygens (including phenoxy) is 1. The van der Waals surface area contributed by atoms with Crippen LogP contribution in [0.15, 0.2) is 52.3 Å². The van der Waals surface area contributed by atoms with Gasteiger partial charge in [-0.05, 0) is 73.9 Å². The van der Waals surface area contributed by atoms with Gasteiger partial charge in [-0.25, -0.2) is 8.42 Å². The van der Waals surface area contributed by atoms with Crippen LogP contribution in [-0.4, -0.2) is 45.1 Å². The van der Waals surface area contributed by atoms with Gasteiger partial charge in [-0.1, -0.05) is 19.1 Å². The molecule has 0 radical (unpaired) electrons. The molecule has 0 aromatic heterocycles. The van der Waals surface area contributed by atoms with E-state index in [2.05, 4.69) is 5.32 Å². The molecule has 2 aromatic carbocycles. The zero-order valence-electron chi connectivity index (χ0n) is 19.1. The molecule has 1 N–H and O–H groups in total. The van der Waals surface area contributed by atoms with Crippen molar-refractivity contribution < 1.29 is 17.9 Å². The van der Waals surface area contributed by atoms with Crippen molar-refractivity contribution in [3.63, 3.8) is 0 Å². The highest BCUT2D eigenvalue weighted by molar-refractivity contribution is 7.98. The molecule has 32 heavy (non-hydrogen) atoms. The molecule has 0 aliphatic carbocycles. The molecular formula is C24H32N2O4S2. The quantitative estimate of drug-likeness (QED) is 0.572. The highest BCUT2D eigenvalue weighted by Gasteiger charge is 2.32. The lowest BCUT2D eigenvalue weighted by Gasteiger charge is -2.31. The zero-order chi connectivity index (χ0) is 23.3. The van der Waals surface area contributed by atoms with Gasteiger partial charge in [0.15, 0.2) is 0 Å². The SMILES string of the molecule is CC[C@@H](NC(=O)C1CCN(S(=O)(=O)c2ccc(SC)cc2)CC1)c1ccc(OC)c(C)c1. The molecule has 1 amide bonds. The Kier molecular flexibility index (Phi) is 8.25. The molecule has 1 fully saturated rings. The number of thioether (sulfide) groups is 1. The minimum Gasteiger partial charge on any atom is -0.496 e.